The number of hydrogen-bond acceptors (Lipinski definition) is 4. The average molecular weight is 404 g/mol. The summed E-state index contributed by atoms with van der Waals surface area (Å²) in [6, 6.07) is 15.8. The van der Waals surface area contributed by atoms with Crippen molar-refractivity contribution in [3.05, 3.63) is 83.9 Å². The third-order valence-corrected chi connectivity index (χ3v) is 5.80. The van der Waals surface area contributed by atoms with Crippen molar-refractivity contribution in [2.75, 3.05) is 13.1 Å². The summed E-state index contributed by atoms with van der Waals surface area (Å²) in [6.07, 6.45) is 8.28. The lowest BCUT2D eigenvalue weighted by molar-refractivity contribution is -0.121. The Hall–Kier alpha value is -2.99. The Balaban J connectivity index is 1.40. The van der Waals surface area contributed by atoms with Crippen molar-refractivity contribution in [3.63, 3.8) is 0 Å². The lowest BCUT2D eigenvalue weighted by atomic mass is 9.87. The second-order valence-corrected chi connectivity index (χ2v) is 8.10. The van der Waals surface area contributed by atoms with Gasteiger partial charge >= 0.3 is 0 Å². The Labute approximate surface area is 177 Å². The maximum atomic E-state index is 12.8. The van der Waals surface area contributed by atoms with Crippen LogP contribution in [0.2, 0.25) is 0 Å². The van der Waals surface area contributed by atoms with E-state index in [0.29, 0.717) is 12.3 Å². The molecule has 0 saturated carbocycles. The molecule has 0 unspecified atom stereocenters. The van der Waals surface area contributed by atoms with Crippen LogP contribution in [0.25, 0.3) is 0 Å². The summed E-state index contributed by atoms with van der Waals surface area (Å²) < 4.78 is 1.85. The van der Waals surface area contributed by atoms with Crippen LogP contribution < -0.4 is 5.32 Å². The van der Waals surface area contributed by atoms with Crippen molar-refractivity contribution in [1.29, 1.82) is 0 Å². The quantitative estimate of drug-likeness (QED) is 0.658. The van der Waals surface area contributed by atoms with Gasteiger partial charge in [-0.3, -0.25) is 19.4 Å². The van der Waals surface area contributed by atoms with E-state index >= 15 is 0 Å². The molecule has 1 aliphatic rings. The van der Waals surface area contributed by atoms with Crippen LogP contribution >= 0.6 is 0 Å². The smallest absolute Gasteiger partial charge is 0.224 e. The third kappa shape index (κ3) is 5.33. The maximum Gasteiger partial charge on any atom is 0.224 e. The lowest BCUT2D eigenvalue weighted by Crippen LogP contribution is -2.41. The monoisotopic (exact) mass is 403 g/mol. The van der Waals surface area contributed by atoms with Gasteiger partial charge in [0.2, 0.25) is 5.91 Å². The van der Waals surface area contributed by atoms with Gasteiger partial charge in [0.25, 0.3) is 0 Å². The molecule has 30 heavy (non-hydrogen) atoms. The van der Waals surface area contributed by atoms with E-state index in [0.717, 1.165) is 43.7 Å². The molecule has 0 aliphatic carbocycles. The lowest BCUT2D eigenvalue weighted by Gasteiger charge is -2.36. The van der Waals surface area contributed by atoms with Crippen LogP contribution in [0, 0.1) is 5.92 Å². The summed E-state index contributed by atoms with van der Waals surface area (Å²) in [4.78, 5) is 19.8. The average Bonchev–Trinajstić information content (AvgIpc) is 3.18. The van der Waals surface area contributed by atoms with Crippen LogP contribution in [0.4, 0.5) is 0 Å². The van der Waals surface area contributed by atoms with Gasteiger partial charge in [0, 0.05) is 31.5 Å². The standard InChI is InChI=1S/C24H29N5O/c1-28-17-20(16-26-28)18-29-13-10-21(11-14-29)24(22-9-5-6-12-25-22)27-23(30)15-19-7-3-2-4-8-19/h2-9,12,16-17,21,24H,10-11,13-15,18H2,1H3,(H,27,30)/t24-/m0/s1. The molecule has 0 bridgehead atoms. The Morgan fingerprint density at radius 2 is 1.87 bits per heavy atom. The van der Waals surface area contributed by atoms with Crippen LogP contribution in [0.15, 0.2) is 67.1 Å². The molecule has 2 aromatic heterocycles. The molecule has 1 fully saturated rings. The van der Waals surface area contributed by atoms with Crippen molar-refractivity contribution in [3.8, 4) is 0 Å². The first-order chi connectivity index (χ1) is 14.7. The first-order valence-corrected chi connectivity index (χ1v) is 10.6. The molecule has 156 valence electrons. The number of nitrogens with one attached hydrogen (secondary N) is 1. The number of amides is 1. The number of carbonyl (C=O) groups excluding carboxylic acids is 1. The van der Waals surface area contributed by atoms with Gasteiger partial charge in [0.1, 0.15) is 0 Å². The Morgan fingerprint density at radius 1 is 1.10 bits per heavy atom. The first-order valence-electron chi connectivity index (χ1n) is 10.6. The number of piperidine rings is 1. The van der Waals surface area contributed by atoms with Crippen LogP contribution in [0.1, 0.15) is 35.7 Å². The first kappa shape index (κ1) is 20.3. The zero-order valence-electron chi connectivity index (χ0n) is 17.4. The van der Waals surface area contributed by atoms with E-state index in [1.807, 2.05) is 72.7 Å². The predicted octanol–water partition coefficient (Wildman–Crippen LogP) is 3.13. The van der Waals surface area contributed by atoms with Gasteiger partial charge in [-0.05, 0) is 49.5 Å². The summed E-state index contributed by atoms with van der Waals surface area (Å²) in [5, 5.41) is 7.55. The van der Waals surface area contributed by atoms with Crippen LogP contribution in [-0.4, -0.2) is 38.7 Å². The van der Waals surface area contributed by atoms with Gasteiger partial charge in [0.05, 0.1) is 24.4 Å². The number of hydrogen-bond donors (Lipinski definition) is 1. The van der Waals surface area contributed by atoms with Gasteiger partial charge in [0.15, 0.2) is 0 Å². The molecule has 1 N–H and O–H groups in total. The fourth-order valence-electron chi connectivity index (χ4n) is 4.26. The molecule has 1 saturated heterocycles. The molecule has 1 amide bonds. The predicted molar refractivity (Wildman–Crippen MR) is 116 cm³/mol. The SMILES string of the molecule is Cn1cc(CN2CCC([C@H](NC(=O)Cc3ccccc3)c3ccccn3)CC2)cn1. The van der Waals surface area contributed by atoms with Crippen molar-refractivity contribution in [2.45, 2.75) is 31.8 Å². The minimum atomic E-state index is -0.0528. The van der Waals surface area contributed by atoms with Crippen molar-refractivity contribution in [1.82, 2.24) is 25.0 Å². The molecule has 3 aromatic rings. The highest BCUT2D eigenvalue weighted by Gasteiger charge is 2.29. The number of likely N-dealkylation sites (tertiary alicyclic amines) is 1. The number of pyridine rings is 1. The molecule has 6 heteroatoms. The van der Waals surface area contributed by atoms with E-state index in [4.69, 9.17) is 0 Å². The number of aryl methyl sites for hydroxylation is 1. The molecular formula is C24H29N5O. The number of nitrogens with zero attached hydrogens (tertiary/aromatic N) is 4. The van der Waals surface area contributed by atoms with E-state index in [9.17, 15) is 4.79 Å². The Bertz CT molecular complexity index is 932. The molecule has 0 radical (unpaired) electrons. The van der Waals surface area contributed by atoms with E-state index in [-0.39, 0.29) is 11.9 Å². The molecule has 4 rings (SSSR count). The normalized spacial score (nSPS) is 16.3. The summed E-state index contributed by atoms with van der Waals surface area (Å²) in [5.41, 5.74) is 3.22. The number of rotatable bonds is 7. The van der Waals surface area contributed by atoms with Gasteiger partial charge in [-0.2, -0.15) is 5.10 Å². The molecule has 6 nitrogen and oxygen atoms in total. The molecule has 1 atom stereocenters. The Morgan fingerprint density at radius 3 is 2.53 bits per heavy atom. The molecular weight excluding hydrogens is 374 g/mol. The number of aromatic nitrogens is 3. The minimum absolute atomic E-state index is 0.0506. The van der Waals surface area contributed by atoms with Crippen molar-refractivity contribution in [2.24, 2.45) is 13.0 Å². The fraction of sp³-hybridized carbons (Fsp3) is 0.375. The van der Waals surface area contributed by atoms with Gasteiger partial charge in [-0.1, -0.05) is 36.4 Å². The molecule has 1 aromatic carbocycles. The summed E-state index contributed by atoms with van der Waals surface area (Å²) in [5.74, 6) is 0.430. The second-order valence-electron chi connectivity index (χ2n) is 8.10. The highest BCUT2D eigenvalue weighted by atomic mass is 16.1. The van der Waals surface area contributed by atoms with E-state index < -0.39 is 0 Å². The number of carbonyl (C=O) groups is 1. The maximum absolute atomic E-state index is 12.8. The van der Waals surface area contributed by atoms with Gasteiger partial charge in [-0.15, -0.1) is 0 Å². The van der Waals surface area contributed by atoms with E-state index in [2.05, 4.69) is 26.5 Å². The minimum Gasteiger partial charge on any atom is -0.347 e. The second kappa shape index (κ2) is 9.67. The number of benzene rings is 1. The Kier molecular flexibility index (Phi) is 6.54. The zero-order valence-corrected chi connectivity index (χ0v) is 17.4. The summed E-state index contributed by atoms with van der Waals surface area (Å²) >= 11 is 0. The summed E-state index contributed by atoms with van der Waals surface area (Å²) in [7, 11) is 1.95. The van der Waals surface area contributed by atoms with Crippen molar-refractivity contribution >= 4 is 5.91 Å². The van der Waals surface area contributed by atoms with Gasteiger partial charge < -0.3 is 5.32 Å². The van der Waals surface area contributed by atoms with Gasteiger partial charge in [-0.25, -0.2) is 0 Å². The molecule has 1 aliphatic heterocycles. The highest BCUT2D eigenvalue weighted by molar-refractivity contribution is 5.79. The van der Waals surface area contributed by atoms with Crippen LogP contribution in [-0.2, 0) is 24.8 Å². The zero-order chi connectivity index (χ0) is 20.8. The molecule has 3 heterocycles. The largest absolute Gasteiger partial charge is 0.347 e. The van der Waals surface area contributed by atoms with Crippen LogP contribution in [0.5, 0.6) is 0 Å². The highest BCUT2D eigenvalue weighted by Crippen LogP contribution is 2.30. The van der Waals surface area contributed by atoms with Crippen LogP contribution in [0.3, 0.4) is 0 Å². The summed E-state index contributed by atoms with van der Waals surface area (Å²) in [6.45, 7) is 2.95. The van der Waals surface area contributed by atoms with Crippen molar-refractivity contribution < 1.29 is 4.79 Å². The molecule has 0 spiro atoms. The third-order valence-electron chi connectivity index (χ3n) is 5.80. The van der Waals surface area contributed by atoms with E-state index in [1.54, 1.807) is 0 Å². The van der Waals surface area contributed by atoms with E-state index in [1.165, 1.54) is 5.56 Å². The topological polar surface area (TPSA) is 63.0 Å². The fourth-order valence-corrected chi connectivity index (χ4v) is 4.26.